The van der Waals surface area contributed by atoms with E-state index in [1.54, 1.807) is 6.92 Å². The second kappa shape index (κ2) is 10.1. The molecule has 0 fully saturated rings. The third-order valence-electron chi connectivity index (χ3n) is 3.80. The van der Waals surface area contributed by atoms with Gasteiger partial charge in [0.25, 0.3) is 5.69 Å². The maximum Gasteiger partial charge on any atom is 0.416 e. The first-order chi connectivity index (χ1) is 14.0. The topological polar surface area (TPSA) is 78.7 Å². The van der Waals surface area contributed by atoms with Gasteiger partial charge in [-0.1, -0.05) is 30.3 Å². The molecule has 2 aromatic carbocycles. The number of rotatable bonds is 8. The molecule has 0 aliphatic rings. The number of carbonyl (C=O) groups excluding carboxylic acids is 1. The summed E-state index contributed by atoms with van der Waals surface area (Å²) in [7, 11) is 1.50. The summed E-state index contributed by atoms with van der Waals surface area (Å²) in [6.45, 7) is 2.13. The molecule has 1 unspecified atom stereocenters. The van der Waals surface area contributed by atoms with Gasteiger partial charge < -0.3 is 9.47 Å². The Hall–Kier alpha value is -2.30. The fourth-order valence-corrected chi connectivity index (χ4v) is 3.63. The Morgan fingerprint density at radius 3 is 2.53 bits per heavy atom. The van der Waals surface area contributed by atoms with Crippen molar-refractivity contribution in [3.05, 3.63) is 62.7 Å². The number of methoxy groups -OCH3 is 1. The largest absolute Gasteiger partial charge is 0.456 e. The Bertz CT molecular complexity index is 939. The summed E-state index contributed by atoms with van der Waals surface area (Å²) in [5.74, 6) is 0.0406. The van der Waals surface area contributed by atoms with Gasteiger partial charge in [0.05, 0.1) is 22.1 Å². The van der Waals surface area contributed by atoms with Gasteiger partial charge in [0, 0.05) is 30.4 Å². The van der Waals surface area contributed by atoms with Crippen LogP contribution in [0, 0.1) is 10.1 Å². The first kappa shape index (κ1) is 24.0. The number of hydrogen-bond acceptors (Lipinski definition) is 6. The highest BCUT2D eigenvalue weighted by molar-refractivity contribution is 8.14. The van der Waals surface area contributed by atoms with Crippen LogP contribution in [0.3, 0.4) is 0 Å². The van der Waals surface area contributed by atoms with Crippen LogP contribution in [0.4, 0.5) is 18.9 Å². The lowest BCUT2D eigenvalue weighted by molar-refractivity contribution is -0.385. The first-order valence-electron chi connectivity index (χ1n) is 8.51. The normalized spacial score (nSPS) is 12.5. The molecule has 0 heterocycles. The van der Waals surface area contributed by atoms with Gasteiger partial charge in [-0.3, -0.25) is 14.9 Å². The minimum atomic E-state index is -4.55. The molecule has 0 aliphatic carbocycles. The average Bonchev–Trinajstić information content (AvgIpc) is 2.62. The zero-order valence-corrected chi connectivity index (χ0v) is 17.4. The van der Waals surface area contributed by atoms with E-state index in [-0.39, 0.29) is 44.6 Å². The van der Waals surface area contributed by atoms with E-state index in [0.717, 1.165) is 30.0 Å². The fourth-order valence-electron chi connectivity index (χ4n) is 2.52. The Morgan fingerprint density at radius 2 is 1.97 bits per heavy atom. The summed E-state index contributed by atoms with van der Waals surface area (Å²) in [6, 6.07) is 6.33. The van der Waals surface area contributed by atoms with Crippen molar-refractivity contribution in [3.8, 4) is 11.5 Å². The van der Waals surface area contributed by atoms with Gasteiger partial charge in [-0.05, 0) is 30.3 Å². The Balaban J connectivity index is 2.25. The van der Waals surface area contributed by atoms with Crippen molar-refractivity contribution in [1.29, 1.82) is 0 Å². The number of nitro groups is 1. The molecule has 2 aromatic rings. The SMILES string of the molecule is COCC(C)SC(=O)Cc1cc(Oc2ccc(C(F)(F)F)cc2Cl)ccc1[N+](=O)[O-]. The summed E-state index contributed by atoms with van der Waals surface area (Å²) in [6.07, 6.45) is -4.78. The molecular weight excluding hydrogens is 447 g/mol. The predicted octanol–water partition coefficient (Wildman–Crippen LogP) is 5.90. The molecule has 0 radical (unpaired) electrons. The number of alkyl halides is 3. The molecule has 162 valence electrons. The summed E-state index contributed by atoms with van der Waals surface area (Å²) in [4.78, 5) is 22.9. The third-order valence-corrected chi connectivity index (χ3v) is 5.04. The van der Waals surface area contributed by atoms with Crippen LogP contribution in [0.5, 0.6) is 11.5 Å². The number of benzene rings is 2. The van der Waals surface area contributed by atoms with Crippen LogP contribution in [-0.4, -0.2) is 29.0 Å². The maximum atomic E-state index is 12.8. The van der Waals surface area contributed by atoms with Crippen LogP contribution in [0.15, 0.2) is 36.4 Å². The second-order valence-electron chi connectivity index (χ2n) is 6.23. The van der Waals surface area contributed by atoms with E-state index in [1.165, 1.54) is 25.3 Å². The number of nitrogens with zero attached hydrogens (tertiary/aromatic N) is 1. The zero-order valence-electron chi connectivity index (χ0n) is 15.9. The van der Waals surface area contributed by atoms with Crippen molar-refractivity contribution < 1.29 is 32.4 Å². The molecule has 1 atom stereocenters. The van der Waals surface area contributed by atoms with Crippen molar-refractivity contribution >= 4 is 34.2 Å². The van der Waals surface area contributed by atoms with Crippen molar-refractivity contribution in [3.63, 3.8) is 0 Å². The summed E-state index contributed by atoms with van der Waals surface area (Å²) in [5, 5.41) is 10.6. The smallest absolute Gasteiger partial charge is 0.416 e. The molecule has 0 saturated carbocycles. The maximum absolute atomic E-state index is 12.8. The first-order valence-corrected chi connectivity index (χ1v) is 9.77. The van der Waals surface area contributed by atoms with Gasteiger partial charge >= 0.3 is 6.18 Å². The van der Waals surface area contributed by atoms with Crippen LogP contribution in [-0.2, 0) is 22.1 Å². The van der Waals surface area contributed by atoms with Crippen LogP contribution in [0.25, 0.3) is 0 Å². The van der Waals surface area contributed by atoms with E-state index < -0.39 is 16.7 Å². The third kappa shape index (κ3) is 6.61. The minimum absolute atomic E-state index is 0.0566. The quantitative estimate of drug-likeness (QED) is 0.358. The van der Waals surface area contributed by atoms with Crippen LogP contribution in [0.1, 0.15) is 18.1 Å². The van der Waals surface area contributed by atoms with E-state index in [9.17, 15) is 28.1 Å². The molecule has 0 N–H and O–H groups in total. The molecular formula is C19H17ClF3NO5S. The van der Waals surface area contributed by atoms with Gasteiger partial charge in [0.1, 0.15) is 11.5 Å². The molecule has 6 nitrogen and oxygen atoms in total. The van der Waals surface area contributed by atoms with E-state index >= 15 is 0 Å². The van der Waals surface area contributed by atoms with Crippen molar-refractivity contribution in [2.45, 2.75) is 24.8 Å². The predicted molar refractivity (Wildman–Crippen MR) is 107 cm³/mol. The molecule has 30 heavy (non-hydrogen) atoms. The highest BCUT2D eigenvalue weighted by Gasteiger charge is 2.31. The van der Waals surface area contributed by atoms with Crippen molar-refractivity contribution in [2.24, 2.45) is 0 Å². The summed E-state index contributed by atoms with van der Waals surface area (Å²) in [5.41, 5.74) is -1.09. The van der Waals surface area contributed by atoms with Crippen molar-refractivity contribution in [2.75, 3.05) is 13.7 Å². The van der Waals surface area contributed by atoms with Crippen molar-refractivity contribution in [1.82, 2.24) is 0 Å². The van der Waals surface area contributed by atoms with Gasteiger partial charge in [0.15, 0.2) is 5.12 Å². The van der Waals surface area contributed by atoms with E-state index in [1.807, 2.05) is 0 Å². The molecule has 0 aliphatic heterocycles. The van der Waals surface area contributed by atoms with Crippen LogP contribution in [0.2, 0.25) is 5.02 Å². The second-order valence-corrected chi connectivity index (χ2v) is 8.13. The van der Waals surface area contributed by atoms with Gasteiger partial charge in [-0.2, -0.15) is 13.2 Å². The number of hydrogen-bond donors (Lipinski definition) is 0. The highest BCUT2D eigenvalue weighted by atomic mass is 35.5. The van der Waals surface area contributed by atoms with Gasteiger partial charge in [-0.25, -0.2) is 0 Å². The molecule has 0 amide bonds. The standard InChI is InChI=1S/C19H17ClF3NO5S/c1-11(10-28-2)30-18(25)8-12-7-14(4-5-16(12)24(26)27)29-17-6-3-13(9-15(17)20)19(21,22)23/h3-7,9,11H,8,10H2,1-2H3. The lowest BCUT2D eigenvalue weighted by atomic mass is 10.1. The molecule has 0 bridgehead atoms. The van der Waals surface area contributed by atoms with E-state index in [4.69, 9.17) is 21.1 Å². The molecule has 2 rings (SSSR count). The molecule has 11 heteroatoms. The van der Waals surface area contributed by atoms with Gasteiger partial charge in [-0.15, -0.1) is 0 Å². The number of nitro benzene ring substituents is 1. The highest BCUT2D eigenvalue weighted by Crippen LogP contribution is 2.37. The van der Waals surface area contributed by atoms with Crippen LogP contribution < -0.4 is 4.74 Å². The number of ether oxygens (including phenoxy) is 2. The van der Waals surface area contributed by atoms with E-state index in [2.05, 4.69) is 0 Å². The van der Waals surface area contributed by atoms with E-state index in [0.29, 0.717) is 6.61 Å². The minimum Gasteiger partial charge on any atom is -0.456 e. The average molecular weight is 464 g/mol. The Kier molecular flexibility index (Phi) is 8.10. The monoisotopic (exact) mass is 463 g/mol. The molecule has 0 aromatic heterocycles. The summed E-state index contributed by atoms with van der Waals surface area (Å²) >= 11 is 6.88. The number of halogens is 4. The lowest BCUT2D eigenvalue weighted by Crippen LogP contribution is -2.11. The number of thioether (sulfide) groups is 1. The Labute approximate surface area is 179 Å². The zero-order chi connectivity index (χ0) is 22.5. The summed E-state index contributed by atoms with van der Waals surface area (Å²) < 4.78 is 48.7. The van der Waals surface area contributed by atoms with Crippen LogP contribution >= 0.6 is 23.4 Å². The lowest BCUT2D eigenvalue weighted by Gasteiger charge is -2.12. The van der Waals surface area contributed by atoms with Gasteiger partial charge in [0.2, 0.25) is 0 Å². The fraction of sp³-hybridized carbons (Fsp3) is 0.316. The number of carbonyl (C=O) groups is 1. The molecule has 0 spiro atoms. The molecule has 0 saturated heterocycles. The Morgan fingerprint density at radius 1 is 1.27 bits per heavy atom.